The van der Waals surface area contributed by atoms with Gasteiger partial charge in [0.2, 0.25) is 16.5 Å². The summed E-state index contributed by atoms with van der Waals surface area (Å²) in [6.45, 7) is 0. The SMILES string of the molecule is O=C(O)CC(Sc1nn[nH]n1)C1=C(C(=O)O)N2C(=O)C(NC(=O)C(NC(=O)c3c[nH]c4cccnc4c3=O)c3ccc(O)cc3)[C@@H]2SC1. The highest BCUT2D eigenvalue weighted by Gasteiger charge is 2.55. The minimum Gasteiger partial charge on any atom is -0.508 e. The van der Waals surface area contributed by atoms with Crippen molar-refractivity contribution in [1.29, 1.82) is 0 Å². The minimum absolute atomic E-state index is 0.00213. The number of aromatic nitrogens is 6. The number of tetrazole rings is 1. The fraction of sp³-hybridized carbons (Fsp3) is 0.214. The maximum absolute atomic E-state index is 13.7. The Labute approximate surface area is 276 Å². The Morgan fingerprint density at radius 2 is 1.90 bits per heavy atom. The van der Waals surface area contributed by atoms with Crippen LogP contribution in [0.2, 0.25) is 0 Å². The minimum atomic E-state index is -1.47. The van der Waals surface area contributed by atoms with Gasteiger partial charge in [-0.3, -0.25) is 33.9 Å². The fourth-order valence-electron chi connectivity index (χ4n) is 5.24. The van der Waals surface area contributed by atoms with E-state index < -0.39 is 69.9 Å². The number of phenols is 1. The lowest BCUT2D eigenvalue weighted by molar-refractivity contribution is -0.151. The van der Waals surface area contributed by atoms with Crippen molar-refractivity contribution >= 4 is 64.2 Å². The summed E-state index contributed by atoms with van der Waals surface area (Å²) in [5.74, 6) is -5.36. The van der Waals surface area contributed by atoms with E-state index in [1.54, 1.807) is 12.1 Å². The molecule has 4 aromatic rings. The van der Waals surface area contributed by atoms with Crippen molar-refractivity contribution in [3.05, 3.63) is 81.4 Å². The number of β-lactam (4-membered cyclic amide) rings is 1. The first-order valence-corrected chi connectivity index (χ1v) is 15.9. The second-order valence-corrected chi connectivity index (χ2v) is 12.7. The largest absolute Gasteiger partial charge is 0.508 e. The molecule has 0 saturated carbocycles. The summed E-state index contributed by atoms with van der Waals surface area (Å²) in [7, 11) is 0. The molecule has 4 atom stereocenters. The Kier molecular flexibility index (Phi) is 8.82. The molecule has 246 valence electrons. The number of aliphatic carboxylic acids is 2. The number of H-pyrrole nitrogens is 2. The normalized spacial score (nSPS) is 18.4. The molecule has 5 heterocycles. The van der Waals surface area contributed by atoms with E-state index in [9.17, 15) is 44.1 Å². The van der Waals surface area contributed by atoms with Gasteiger partial charge in [-0.25, -0.2) is 4.79 Å². The van der Waals surface area contributed by atoms with Crippen LogP contribution in [0.3, 0.4) is 0 Å². The highest BCUT2D eigenvalue weighted by Crippen LogP contribution is 2.44. The third-order valence-corrected chi connectivity index (χ3v) is 9.89. The van der Waals surface area contributed by atoms with Crippen LogP contribution in [0, 0.1) is 0 Å². The van der Waals surface area contributed by atoms with Gasteiger partial charge in [-0.05, 0) is 40.6 Å². The molecule has 0 bridgehead atoms. The first-order valence-electron chi connectivity index (χ1n) is 13.9. The van der Waals surface area contributed by atoms with Crippen LogP contribution in [-0.4, -0.2) is 103 Å². The molecule has 18 nitrogen and oxygen atoms in total. The van der Waals surface area contributed by atoms with Crippen LogP contribution in [0.25, 0.3) is 11.0 Å². The van der Waals surface area contributed by atoms with Crippen molar-refractivity contribution in [2.75, 3.05) is 5.75 Å². The fourth-order valence-corrected chi connectivity index (χ4v) is 7.77. The molecular formula is C28H23N9O9S2. The molecule has 3 aromatic heterocycles. The Morgan fingerprint density at radius 3 is 2.58 bits per heavy atom. The first-order chi connectivity index (χ1) is 23.0. The molecule has 2 aliphatic heterocycles. The Hall–Kier alpha value is -5.76. The van der Waals surface area contributed by atoms with Crippen molar-refractivity contribution in [3.8, 4) is 5.75 Å². The van der Waals surface area contributed by atoms with Crippen molar-refractivity contribution in [2.24, 2.45) is 0 Å². The molecule has 0 spiro atoms. The maximum atomic E-state index is 13.7. The summed E-state index contributed by atoms with van der Waals surface area (Å²) in [6, 6.07) is 5.86. The molecule has 0 radical (unpaired) electrons. The molecule has 1 aromatic carbocycles. The smallest absolute Gasteiger partial charge is 0.352 e. The number of amides is 3. The van der Waals surface area contributed by atoms with Crippen LogP contribution >= 0.6 is 23.5 Å². The van der Waals surface area contributed by atoms with Gasteiger partial charge in [-0.15, -0.1) is 22.0 Å². The number of pyridine rings is 2. The number of aromatic amines is 2. The number of hydrogen-bond acceptors (Lipinski definition) is 13. The second-order valence-electron chi connectivity index (χ2n) is 10.4. The summed E-state index contributed by atoms with van der Waals surface area (Å²) in [5.41, 5.74) is -0.661. The summed E-state index contributed by atoms with van der Waals surface area (Å²) >= 11 is 1.99. The van der Waals surface area contributed by atoms with E-state index in [4.69, 9.17) is 0 Å². The standard InChI is InChI=1S/C28H23N9O9S2/c38-12-5-3-11(4-6-12)18(31-23(42)13-9-30-15-2-1-7-29-19(15)22(13)41)24(43)32-20-25(44)37-21(27(45)46)14(10-47-26(20)37)16(8-17(39)40)48-28-33-35-36-34-28/h1-7,9,16,18,20,26,38H,8,10H2,(H,30,41)(H,31,42)(H,32,43)(H,39,40)(H,45,46)(H,33,34,35,36)/t16?,18?,20?,26-/m0/s1. The van der Waals surface area contributed by atoms with Crippen molar-refractivity contribution in [2.45, 2.75) is 34.3 Å². The monoisotopic (exact) mass is 693 g/mol. The summed E-state index contributed by atoms with van der Waals surface area (Å²) in [6.07, 6.45) is 2.08. The predicted octanol–water partition coefficient (Wildman–Crippen LogP) is -0.0129. The van der Waals surface area contributed by atoms with Gasteiger partial charge in [0.25, 0.3) is 11.8 Å². The number of carboxylic acids is 2. The van der Waals surface area contributed by atoms with Crippen molar-refractivity contribution in [3.63, 3.8) is 0 Å². The maximum Gasteiger partial charge on any atom is 0.352 e. The van der Waals surface area contributed by atoms with E-state index in [0.29, 0.717) is 5.52 Å². The number of nitrogens with zero attached hydrogens (tertiary/aromatic N) is 5. The number of carboxylic acid groups (broad SMARTS) is 2. The van der Waals surface area contributed by atoms with Crippen LogP contribution in [0.1, 0.15) is 28.4 Å². The summed E-state index contributed by atoms with van der Waals surface area (Å²) in [5, 5.41) is 46.0. The zero-order valence-electron chi connectivity index (χ0n) is 24.2. The van der Waals surface area contributed by atoms with Crippen LogP contribution < -0.4 is 16.1 Å². The predicted molar refractivity (Wildman–Crippen MR) is 166 cm³/mol. The van der Waals surface area contributed by atoms with Gasteiger partial charge >= 0.3 is 11.9 Å². The number of benzene rings is 1. The molecule has 3 unspecified atom stereocenters. The Bertz CT molecular complexity index is 2040. The lowest BCUT2D eigenvalue weighted by atomic mass is 9.99. The van der Waals surface area contributed by atoms with Crippen LogP contribution in [0.5, 0.6) is 5.75 Å². The topological polar surface area (TPSA) is 274 Å². The molecule has 3 amide bonds. The number of aromatic hydroxyl groups is 1. The highest BCUT2D eigenvalue weighted by molar-refractivity contribution is 8.01. The van der Waals surface area contributed by atoms with E-state index in [1.807, 2.05) is 0 Å². The Morgan fingerprint density at radius 1 is 1.12 bits per heavy atom. The first kappa shape index (κ1) is 32.2. The van der Waals surface area contributed by atoms with Crippen molar-refractivity contribution in [1.82, 2.24) is 46.1 Å². The second kappa shape index (κ2) is 13.2. The third kappa shape index (κ3) is 6.17. The van der Waals surface area contributed by atoms with Crippen LogP contribution in [-0.2, 0) is 19.2 Å². The van der Waals surface area contributed by atoms with Gasteiger partial charge in [0.05, 0.1) is 11.9 Å². The number of nitrogens with one attached hydrogen (secondary N) is 4. The Balaban J connectivity index is 1.25. The van der Waals surface area contributed by atoms with E-state index in [0.717, 1.165) is 28.4 Å². The molecule has 6 rings (SSSR count). The molecule has 1 fully saturated rings. The third-order valence-electron chi connectivity index (χ3n) is 7.47. The van der Waals surface area contributed by atoms with Gasteiger partial charge < -0.3 is 30.9 Å². The van der Waals surface area contributed by atoms with E-state index in [-0.39, 0.29) is 38.9 Å². The van der Waals surface area contributed by atoms with Gasteiger partial charge in [-0.1, -0.05) is 23.9 Å². The molecule has 48 heavy (non-hydrogen) atoms. The average Bonchev–Trinajstić information content (AvgIpc) is 3.58. The number of carbonyl (C=O) groups excluding carboxylic acids is 3. The van der Waals surface area contributed by atoms with Crippen LogP contribution in [0.15, 0.2) is 70.0 Å². The van der Waals surface area contributed by atoms with Gasteiger partial charge in [-0.2, -0.15) is 5.21 Å². The van der Waals surface area contributed by atoms with Gasteiger partial charge in [0, 0.05) is 23.4 Å². The molecule has 20 heteroatoms. The number of fused-ring (bicyclic) bond motifs is 2. The van der Waals surface area contributed by atoms with E-state index in [1.165, 1.54) is 36.7 Å². The molecule has 7 N–H and O–H groups in total. The number of thioether (sulfide) groups is 2. The number of rotatable bonds is 11. The lowest BCUT2D eigenvalue weighted by Gasteiger charge is -2.50. The van der Waals surface area contributed by atoms with E-state index in [2.05, 4.69) is 41.2 Å². The zero-order chi connectivity index (χ0) is 34.1. The average molecular weight is 694 g/mol. The number of carbonyl (C=O) groups is 5. The number of hydrogen-bond donors (Lipinski definition) is 7. The molecular weight excluding hydrogens is 670 g/mol. The van der Waals surface area contributed by atoms with Gasteiger partial charge in [0.1, 0.15) is 40.0 Å². The molecule has 0 aliphatic carbocycles. The summed E-state index contributed by atoms with van der Waals surface area (Å²) in [4.78, 5) is 85.4. The quantitative estimate of drug-likeness (QED) is 0.0804. The van der Waals surface area contributed by atoms with Crippen molar-refractivity contribution < 1.29 is 39.3 Å². The zero-order valence-corrected chi connectivity index (χ0v) is 25.8. The summed E-state index contributed by atoms with van der Waals surface area (Å²) < 4.78 is 0. The molecule has 1 saturated heterocycles. The van der Waals surface area contributed by atoms with Crippen LogP contribution in [0.4, 0.5) is 0 Å². The highest BCUT2D eigenvalue weighted by atomic mass is 32.2. The van der Waals surface area contributed by atoms with Gasteiger partial charge in [0.15, 0.2) is 0 Å². The van der Waals surface area contributed by atoms with E-state index >= 15 is 0 Å². The molecule has 2 aliphatic rings. The number of phenolic OH excluding ortho intramolecular Hbond substituents is 1. The lowest BCUT2D eigenvalue weighted by Crippen LogP contribution is -2.71.